The second-order valence-corrected chi connectivity index (χ2v) is 12.0. The molecule has 2 bridgehead atoms. The van der Waals surface area contributed by atoms with Gasteiger partial charge in [-0.25, -0.2) is 0 Å². The Balaban J connectivity index is 1.43. The number of carbonyl (C=O) groups excluding carboxylic acids is 1. The molecule has 0 aliphatic carbocycles. The van der Waals surface area contributed by atoms with E-state index in [0.717, 1.165) is 27.8 Å². The summed E-state index contributed by atoms with van der Waals surface area (Å²) < 4.78 is 0. The number of rotatable bonds is 6. The maximum atomic E-state index is 15.2. The largest absolute Gasteiger partial charge is 0.358 e. The van der Waals surface area contributed by atoms with E-state index >= 15 is 4.79 Å². The molecule has 2 heterocycles. The van der Waals surface area contributed by atoms with Gasteiger partial charge in [-0.05, 0) is 40.0 Å². The first kappa shape index (κ1) is 28.2. The molecule has 5 aromatic rings. The Hall–Kier alpha value is -4.58. The molecule has 0 saturated carbocycles. The number of hydrogen-bond donors (Lipinski definition) is 2. The van der Waals surface area contributed by atoms with E-state index in [1.165, 1.54) is 0 Å². The number of ketones is 1. The quantitative estimate of drug-likeness (QED) is 0.197. The van der Waals surface area contributed by atoms with Crippen molar-refractivity contribution in [3.63, 3.8) is 0 Å². The van der Waals surface area contributed by atoms with E-state index < -0.39 is 0 Å². The van der Waals surface area contributed by atoms with Crippen molar-refractivity contribution in [2.75, 3.05) is 0 Å². The van der Waals surface area contributed by atoms with Crippen molar-refractivity contribution in [1.82, 2.24) is 15.5 Å². The van der Waals surface area contributed by atoms with Crippen LogP contribution in [0.25, 0.3) is 0 Å². The van der Waals surface area contributed by atoms with Crippen LogP contribution in [-0.2, 0) is 11.3 Å². The fourth-order valence-corrected chi connectivity index (χ4v) is 7.53. The van der Waals surface area contributed by atoms with Gasteiger partial charge in [0.05, 0.1) is 23.9 Å². The molecule has 2 saturated heterocycles. The Bertz CT molecular complexity index is 1600. The molecule has 0 amide bonds. The topological polar surface area (TPSA) is 44.4 Å². The summed E-state index contributed by atoms with van der Waals surface area (Å²) in [6.07, 6.45) is 0. The van der Waals surface area contributed by atoms with Gasteiger partial charge in [0.15, 0.2) is 5.11 Å². The number of thiocarbonyl (C=S) groups is 1. The summed E-state index contributed by atoms with van der Waals surface area (Å²) in [6.45, 7) is 0.602. The maximum Gasteiger partial charge on any atom is 0.170 e. The van der Waals surface area contributed by atoms with Gasteiger partial charge >= 0.3 is 0 Å². The van der Waals surface area contributed by atoms with Gasteiger partial charge in [-0.15, -0.1) is 0 Å². The molecule has 44 heavy (non-hydrogen) atoms. The van der Waals surface area contributed by atoms with Crippen LogP contribution in [0.15, 0.2) is 152 Å². The third-order valence-electron chi connectivity index (χ3n) is 9.13. The lowest BCUT2D eigenvalue weighted by Crippen LogP contribution is -2.63. The SMILES string of the molecule is O=C1C2C(c3ccccc3)NC(c3ccccc3)C1C(c1ccccc1)N(C(=S)NCc1ccccc1)C2c1ccccc1. The fourth-order valence-electron chi connectivity index (χ4n) is 7.23. The number of fused-ring (bicyclic) bond motifs is 2. The Morgan fingerprint density at radius 2 is 0.932 bits per heavy atom. The average Bonchev–Trinajstić information content (AvgIpc) is 3.09. The molecule has 0 aromatic heterocycles. The Morgan fingerprint density at radius 1 is 0.568 bits per heavy atom. The van der Waals surface area contributed by atoms with Gasteiger partial charge in [0.1, 0.15) is 5.78 Å². The van der Waals surface area contributed by atoms with Gasteiger partial charge in [0.25, 0.3) is 0 Å². The minimum Gasteiger partial charge on any atom is -0.358 e. The second kappa shape index (κ2) is 12.6. The fraction of sp³-hybridized carbons (Fsp3) is 0.179. The van der Waals surface area contributed by atoms with E-state index in [1.807, 2.05) is 42.5 Å². The first-order valence-electron chi connectivity index (χ1n) is 15.3. The van der Waals surface area contributed by atoms with Gasteiger partial charge in [-0.3, -0.25) is 4.79 Å². The number of likely N-dealkylation sites (tertiary alicyclic amines) is 1. The van der Waals surface area contributed by atoms with Crippen LogP contribution in [0.5, 0.6) is 0 Å². The number of benzene rings is 5. The monoisotopic (exact) mass is 593 g/mol. The highest BCUT2D eigenvalue weighted by atomic mass is 32.1. The molecule has 2 N–H and O–H groups in total. The van der Waals surface area contributed by atoms with Crippen molar-refractivity contribution < 1.29 is 4.79 Å². The lowest BCUT2D eigenvalue weighted by atomic mass is 9.63. The highest BCUT2D eigenvalue weighted by molar-refractivity contribution is 7.80. The minimum atomic E-state index is -0.360. The molecular formula is C39H35N3OS. The standard InChI is InChI=1S/C39H35N3OS/c43-38-32-34(28-18-8-2-9-19-28)41-35(29-20-10-3-11-21-29)33(38)37(31-24-14-5-15-25-31)42(36(32)30-22-12-4-13-23-30)39(44)40-26-27-16-6-1-7-17-27/h1-25,32-37,41H,26H2,(H,40,44). The van der Waals surface area contributed by atoms with Crippen molar-refractivity contribution >= 4 is 23.1 Å². The van der Waals surface area contributed by atoms with Gasteiger partial charge < -0.3 is 15.5 Å². The first-order chi connectivity index (χ1) is 21.7. The van der Waals surface area contributed by atoms with Crippen molar-refractivity contribution in [1.29, 1.82) is 0 Å². The molecule has 4 nitrogen and oxygen atoms in total. The average molecular weight is 594 g/mol. The van der Waals surface area contributed by atoms with E-state index in [1.54, 1.807) is 0 Å². The van der Waals surface area contributed by atoms with Gasteiger partial charge in [0.2, 0.25) is 0 Å². The molecular weight excluding hydrogens is 559 g/mol. The van der Waals surface area contributed by atoms with Crippen molar-refractivity contribution in [3.8, 4) is 0 Å². The Labute approximate surface area is 264 Å². The molecule has 5 aromatic carbocycles. The smallest absolute Gasteiger partial charge is 0.170 e. The molecule has 2 aliphatic heterocycles. The number of nitrogens with zero attached hydrogens (tertiary/aromatic N) is 1. The second-order valence-electron chi connectivity index (χ2n) is 11.7. The van der Waals surface area contributed by atoms with Crippen LogP contribution >= 0.6 is 12.2 Å². The molecule has 218 valence electrons. The summed E-state index contributed by atoms with van der Waals surface area (Å²) >= 11 is 6.34. The summed E-state index contributed by atoms with van der Waals surface area (Å²) in [7, 11) is 0. The van der Waals surface area contributed by atoms with Crippen LogP contribution in [0, 0.1) is 11.8 Å². The van der Waals surface area contributed by atoms with Crippen LogP contribution in [0.2, 0.25) is 0 Å². The van der Waals surface area contributed by atoms with Crippen LogP contribution < -0.4 is 10.6 Å². The van der Waals surface area contributed by atoms with Gasteiger partial charge in [-0.2, -0.15) is 0 Å². The number of piperidine rings is 2. The predicted molar refractivity (Wildman–Crippen MR) is 180 cm³/mol. The molecule has 0 spiro atoms. The van der Waals surface area contributed by atoms with Gasteiger partial charge in [-0.1, -0.05) is 152 Å². The van der Waals surface area contributed by atoms with Crippen LogP contribution in [0.4, 0.5) is 0 Å². The van der Waals surface area contributed by atoms with Gasteiger partial charge in [0, 0.05) is 18.6 Å². The lowest BCUT2D eigenvalue weighted by Gasteiger charge is -2.57. The van der Waals surface area contributed by atoms with Crippen LogP contribution in [-0.4, -0.2) is 15.8 Å². The van der Waals surface area contributed by atoms with E-state index in [-0.39, 0.29) is 41.8 Å². The number of hydrogen-bond acceptors (Lipinski definition) is 3. The molecule has 6 unspecified atom stereocenters. The molecule has 0 radical (unpaired) electrons. The summed E-state index contributed by atoms with van der Waals surface area (Å²) in [5, 5.41) is 8.28. The predicted octanol–water partition coefficient (Wildman–Crippen LogP) is 7.75. The molecule has 6 atom stereocenters. The van der Waals surface area contributed by atoms with E-state index in [2.05, 4.69) is 125 Å². The summed E-state index contributed by atoms with van der Waals surface area (Å²) in [4.78, 5) is 17.5. The molecule has 5 heteroatoms. The van der Waals surface area contributed by atoms with Crippen LogP contribution in [0.3, 0.4) is 0 Å². The maximum absolute atomic E-state index is 15.2. The third-order valence-corrected chi connectivity index (χ3v) is 9.49. The number of carbonyl (C=O) groups is 1. The molecule has 7 rings (SSSR count). The van der Waals surface area contributed by atoms with Crippen LogP contribution in [0.1, 0.15) is 52.0 Å². The Morgan fingerprint density at radius 3 is 1.34 bits per heavy atom. The zero-order valence-corrected chi connectivity index (χ0v) is 25.2. The normalized spacial score (nSPS) is 24.5. The first-order valence-corrected chi connectivity index (χ1v) is 15.7. The van der Waals surface area contributed by atoms with Crippen molar-refractivity contribution in [3.05, 3.63) is 179 Å². The highest BCUT2D eigenvalue weighted by Crippen LogP contribution is 2.56. The Kier molecular flexibility index (Phi) is 8.06. The molecule has 2 fully saturated rings. The van der Waals surface area contributed by atoms with E-state index in [4.69, 9.17) is 12.2 Å². The summed E-state index contributed by atoms with van der Waals surface area (Å²) in [5.74, 6) is -0.446. The summed E-state index contributed by atoms with van der Waals surface area (Å²) in [5.41, 5.74) is 5.52. The molecule has 2 aliphatic rings. The minimum absolute atomic E-state index is 0.202. The zero-order chi connectivity index (χ0) is 29.9. The third kappa shape index (κ3) is 5.34. The van der Waals surface area contributed by atoms with E-state index in [9.17, 15) is 0 Å². The number of Topliss-reactive ketones (excluding diaryl/α,β-unsaturated/α-hetero) is 1. The number of nitrogens with one attached hydrogen (secondary N) is 2. The highest BCUT2D eigenvalue weighted by Gasteiger charge is 2.59. The van der Waals surface area contributed by atoms with Crippen molar-refractivity contribution in [2.24, 2.45) is 11.8 Å². The zero-order valence-electron chi connectivity index (χ0n) is 24.4. The van der Waals surface area contributed by atoms with E-state index in [0.29, 0.717) is 11.7 Å². The summed E-state index contributed by atoms with van der Waals surface area (Å²) in [6, 6.07) is 51.0. The van der Waals surface area contributed by atoms with Crippen molar-refractivity contribution in [2.45, 2.75) is 30.7 Å². The lowest BCUT2D eigenvalue weighted by molar-refractivity contribution is -0.145.